The number of hydrogen-bond donors (Lipinski definition) is 3. The molecular formula is C16H23N3O. The highest BCUT2D eigenvalue weighted by Gasteiger charge is 2.46. The number of urea groups is 1. The van der Waals surface area contributed by atoms with Crippen molar-refractivity contribution in [1.29, 1.82) is 0 Å². The second kappa shape index (κ2) is 5.09. The summed E-state index contributed by atoms with van der Waals surface area (Å²) in [5, 5.41) is 9.73. The molecule has 0 atom stereocenters. The highest BCUT2D eigenvalue weighted by atomic mass is 16.2. The molecular weight excluding hydrogens is 250 g/mol. The van der Waals surface area contributed by atoms with E-state index in [1.54, 1.807) is 0 Å². The minimum Gasteiger partial charge on any atom is -0.336 e. The van der Waals surface area contributed by atoms with Crippen molar-refractivity contribution in [2.24, 2.45) is 0 Å². The van der Waals surface area contributed by atoms with Gasteiger partial charge in [-0.05, 0) is 37.8 Å². The molecule has 2 fully saturated rings. The minimum atomic E-state index is -0.0230. The Morgan fingerprint density at radius 1 is 1.15 bits per heavy atom. The number of rotatable bonds is 3. The third-order valence-corrected chi connectivity index (χ3v) is 4.87. The molecule has 3 rings (SSSR count). The van der Waals surface area contributed by atoms with E-state index in [0.717, 1.165) is 38.8 Å². The molecule has 1 saturated carbocycles. The zero-order chi connectivity index (χ0) is 14.1. The van der Waals surface area contributed by atoms with Gasteiger partial charge in [0.15, 0.2) is 0 Å². The maximum Gasteiger partial charge on any atom is 0.315 e. The van der Waals surface area contributed by atoms with E-state index in [-0.39, 0.29) is 17.1 Å². The summed E-state index contributed by atoms with van der Waals surface area (Å²) in [5.74, 6) is 0. The van der Waals surface area contributed by atoms with Gasteiger partial charge in [-0.25, -0.2) is 4.79 Å². The molecule has 0 radical (unpaired) electrons. The quantitative estimate of drug-likeness (QED) is 0.790. The number of benzene rings is 1. The van der Waals surface area contributed by atoms with Crippen LogP contribution in [-0.4, -0.2) is 24.7 Å². The maximum atomic E-state index is 11.4. The van der Waals surface area contributed by atoms with Crippen molar-refractivity contribution >= 4 is 6.03 Å². The molecule has 1 spiro atoms. The fourth-order valence-electron chi connectivity index (χ4n) is 3.70. The van der Waals surface area contributed by atoms with Crippen LogP contribution in [0.3, 0.4) is 0 Å². The van der Waals surface area contributed by atoms with E-state index >= 15 is 0 Å². The van der Waals surface area contributed by atoms with Gasteiger partial charge in [0.2, 0.25) is 0 Å². The number of hydrogen-bond acceptors (Lipinski definition) is 2. The molecule has 20 heavy (non-hydrogen) atoms. The van der Waals surface area contributed by atoms with Gasteiger partial charge >= 0.3 is 6.03 Å². The Labute approximate surface area is 120 Å². The number of amides is 2. The molecule has 2 amide bonds. The zero-order valence-electron chi connectivity index (χ0n) is 12.0. The van der Waals surface area contributed by atoms with Crippen molar-refractivity contribution in [3.05, 3.63) is 35.9 Å². The number of carbonyl (C=O) groups is 1. The van der Waals surface area contributed by atoms with E-state index in [1.807, 2.05) is 0 Å². The van der Waals surface area contributed by atoms with Gasteiger partial charge in [-0.15, -0.1) is 0 Å². The SMILES string of the molecule is CCNC1(c2ccccc2)CCC2(CC1)CNC(=O)N2. The van der Waals surface area contributed by atoms with Crippen LogP contribution in [0, 0.1) is 0 Å². The maximum absolute atomic E-state index is 11.4. The Bertz CT molecular complexity index is 478. The molecule has 1 aromatic rings. The van der Waals surface area contributed by atoms with Gasteiger partial charge in [0, 0.05) is 12.1 Å². The molecule has 1 aliphatic carbocycles. The summed E-state index contributed by atoms with van der Waals surface area (Å²) >= 11 is 0. The molecule has 1 heterocycles. The second-order valence-corrected chi connectivity index (χ2v) is 6.07. The Balaban J connectivity index is 1.80. The van der Waals surface area contributed by atoms with Gasteiger partial charge in [-0.1, -0.05) is 37.3 Å². The lowest BCUT2D eigenvalue weighted by molar-refractivity contribution is 0.160. The van der Waals surface area contributed by atoms with Crippen molar-refractivity contribution in [3.63, 3.8) is 0 Å². The average molecular weight is 273 g/mol. The van der Waals surface area contributed by atoms with Gasteiger partial charge in [-0.2, -0.15) is 0 Å². The van der Waals surface area contributed by atoms with Crippen molar-refractivity contribution in [1.82, 2.24) is 16.0 Å². The molecule has 3 N–H and O–H groups in total. The molecule has 0 unspecified atom stereocenters. The van der Waals surface area contributed by atoms with Crippen molar-refractivity contribution in [2.75, 3.05) is 13.1 Å². The highest BCUT2D eigenvalue weighted by molar-refractivity contribution is 5.77. The van der Waals surface area contributed by atoms with Crippen LogP contribution < -0.4 is 16.0 Å². The summed E-state index contributed by atoms with van der Waals surface area (Å²) in [6.07, 6.45) is 4.17. The van der Waals surface area contributed by atoms with Gasteiger partial charge in [0.05, 0.1) is 5.54 Å². The number of nitrogens with one attached hydrogen (secondary N) is 3. The summed E-state index contributed by atoms with van der Waals surface area (Å²) in [4.78, 5) is 11.4. The van der Waals surface area contributed by atoms with Crippen LogP contribution in [0.4, 0.5) is 4.79 Å². The first-order chi connectivity index (χ1) is 9.68. The smallest absolute Gasteiger partial charge is 0.315 e. The fraction of sp³-hybridized carbons (Fsp3) is 0.562. The van der Waals surface area contributed by atoms with Gasteiger partial charge in [0.25, 0.3) is 0 Å². The molecule has 108 valence electrons. The van der Waals surface area contributed by atoms with Crippen molar-refractivity contribution < 1.29 is 4.79 Å². The lowest BCUT2D eigenvalue weighted by Gasteiger charge is -2.45. The molecule has 4 heteroatoms. The molecule has 2 aliphatic rings. The molecule has 4 nitrogen and oxygen atoms in total. The van der Waals surface area contributed by atoms with Gasteiger partial charge in [0.1, 0.15) is 0 Å². The van der Waals surface area contributed by atoms with Crippen LogP contribution in [0.5, 0.6) is 0 Å². The minimum absolute atomic E-state index is 0.0133. The highest BCUT2D eigenvalue weighted by Crippen LogP contribution is 2.41. The standard InChI is InChI=1S/C16H23N3O/c1-2-18-16(13-6-4-3-5-7-13)10-8-15(9-11-16)12-17-14(20)19-15/h3-7,18H,2,8-12H2,1H3,(H2,17,19,20). The summed E-state index contributed by atoms with van der Waals surface area (Å²) in [6.45, 7) is 3.89. The van der Waals surface area contributed by atoms with Crippen LogP contribution in [-0.2, 0) is 5.54 Å². The van der Waals surface area contributed by atoms with Crippen LogP contribution in [0.25, 0.3) is 0 Å². The van der Waals surface area contributed by atoms with Crippen LogP contribution in [0.2, 0.25) is 0 Å². The molecule has 1 aromatic carbocycles. The lowest BCUT2D eigenvalue weighted by atomic mass is 9.69. The largest absolute Gasteiger partial charge is 0.336 e. The molecule has 0 bridgehead atoms. The summed E-state index contributed by atoms with van der Waals surface area (Å²) in [5.41, 5.74) is 1.41. The Kier molecular flexibility index (Phi) is 3.42. The van der Waals surface area contributed by atoms with E-state index < -0.39 is 0 Å². The topological polar surface area (TPSA) is 53.2 Å². The van der Waals surface area contributed by atoms with Crippen molar-refractivity contribution in [3.8, 4) is 0 Å². The third-order valence-electron chi connectivity index (χ3n) is 4.87. The van der Waals surface area contributed by atoms with Gasteiger partial charge < -0.3 is 16.0 Å². The summed E-state index contributed by atoms with van der Waals surface area (Å²) < 4.78 is 0. The first-order valence-electron chi connectivity index (χ1n) is 7.55. The van der Waals surface area contributed by atoms with E-state index in [1.165, 1.54) is 5.56 Å². The molecule has 1 saturated heterocycles. The first kappa shape index (κ1) is 13.4. The normalized spacial score (nSPS) is 33.0. The predicted molar refractivity (Wildman–Crippen MR) is 79.5 cm³/mol. The first-order valence-corrected chi connectivity index (χ1v) is 7.55. The van der Waals surface area contributed by atoms with E-state index in [4.69, 9.17) is 0 Å². The molecule has 0 aromatic heterocycles. The van der Waals surface area contributed by atoms with Crippen LogP contribution in [0.1, 0.15) is 38.2 Å². The Morgan fingerprint density at radius 2 is 1.85 bits per heavy atom. The summed E-state index contributed by atoms with van der Waals surface area (Å²) in [7, 11) is 0. The van der Waals surface area contributed by atoms with Crippen LogP contribution in [0.15, 0.2) is 30.3 Å². The monoisotopic (exact) mass is 273 g/mol. The van der Waals surface area contributed by atoms with E-state index in [9.17, 15) is 4.79 Å². The van der Waals surface area contributed by atoms with E-state index in [2.05, 4.69) is 53.2 Å². The number of carbonyl (C=O) groups excluding carboxylic acids is 1. The lowest BCUT2D eigenvalue weighted by Crippen LogP contribution is -2.54. The van der Waals surface area contributed by atoms with Gasteiger partial charge in [-0.3, -0.25) is 0 Å². The van der Waals surface area contributed by atoms with Crippen molar-refractivity contribution in [2.45, 2.75) is 43.7 Å². The molecule has 1 aliphatic heterocycles. The Morgan fingerprint density at radius 3 is 2.40 bits per heavy atom. The average Bonchev–Trinajstić information content (AvgIpc) is 2.84. The fourth-order valence-corrected chi connectivity index (χ4v) is 3.70. The second-order valence-electron chi connectivity index (χ2n) is 6.07. The van der Waals surface area contributed by atoms with Crippen LogP contribution >= 0.6 is 0 Å². The Hall–Kier alpha value is -1.55. The zero-order valence-corrected chi connectivity index (χ0v) is 12.0. The summed E-state index contributed by atoms with van der Waals surface area (Å²) in [6, 6.07) is 10.7. The predicted octanol–water partition coefficient (Wildman–Crippen LogP) is 2.12. The van der Waals surface area contributed by atoms with E-state index in [0.29, 0.717) is 0 Å². The third kappa shape index (κ3) is 2.29.